The monoisotopic (exact) mass is 532 g/mol. The van der Waals surface area contributed by atoms with E-state index in [0.717, 1.165) is 16.7 Å². The molecule has 4 N–H and O–H groups in total. The van der Waals surface area contributed by atoms with Crippen LogP contribution in [0.15, 0.2) is 36.4 Å². The van der Waals surface area contributed by atoms with Crippen molar-refractivity contribution in [2.75, 3.05) is 14.1 Å². The summed E-state index contributed by atoms with van der Waals surface area (Å²) in [5.41, 5.74) is 5.93. The number of rotatable bonds is 4. The lowest BCUT2D eigenvalue weighted by molar-refractivity contribution is -0.181. The minimum absolute atomic E-state index is 0.00551. The molecule has 204 valence electrons. The predicted molar refractivity (Wildman–Crippen MR) is 141 cm³/mol. The van der Waals surface area contributed by atoms with Crippen LogP contribution in [0.25, 0.3) is 11.1 Å². The maximum Gasteiger partial charge on any atom is 0.235 e. The van der Waals surface area contributed by atoms with Gasteiger partial charge in [0, 0.05) is 5.92 Å². The molecule has 0 aliphatic heterocycles. The van der Waals surface area contributed by atoms with Crippen molar-refractivity contribution >= 4 is 29.0 Å². The molecule has 2 aromatic rings. The molecule has 0 spiro atoms. The summed E-state index contributed by atoms with van der Waals surface area (Å²) in [5.74, 6) is -10.2. The molecule has 0 heterocycles. The zero-order chi connectivity index (χ0) is 28.5. The normalized spacial score (nSPS) is 30.3. The molecule has 0 aromatic heterocycles. The Kier molecular flexibility index (Phi) is 6.35. The van der Waals surface area contributed by atoms with Gasteiger partial charge < -0.3 is 15.9 Å². The summed E-state index contributed by atoms with van der Waals surface area (Å²) in [7, 11) is 3.12. The fourth-order valence-electron chi connectivity index (χ4n) is 6.94. The van der Waals surface area contributed by atoms with Crippen LogP contribution in [0.4, 0.5) is 0 Å². The van der Waals surface area contributed by atoms with Gasteiger partial charge in [-0.2, -0.15) is 0 Å². The highest BCUT2D eigenvalue weighted by Gasteiger charge is 2.69. The van der Waals surface area contributed by atoms with E-state index in [1.807, 2.05) is 24.3 Å². The first-order valence-electron chi connectivity index (χ1n) is 13.1. The molecule has 0 saturated heterocycles. The number of fused-ring (bicyclic) bond motifs is 3. The quantitative estimate of drug-likeness (QED) is 0.502. The molecule has 2 unspecified atom stereocenters. The predicted octanol–water partition coefficient (Wildman–Crippen LogP) is 1.66. The van der Waals surface area contributed by atoms with Crippen LogP contribution in [-0.4, -0.2) is 69.9 Å². The zero-order valence-electron chi connectivity index (χ0n) is 22.3. The Bertz CT molecular complexity index is 1440. The van der Waals surface area contributed by atoms with Crippen LogP contribution < -0.4 is 5.73 Å². The molecule has 0 radical (unpaired) electrons. The molecule has 39 heavy (non-hydrogen) atoms. The Balaban J connectivity index is 1.65. The highest BCUT2D eigenvalue weighted by Crippen LogP contribution is 2.51. The number of amides is 1. The van der Waals surface area contributed by atoms with E-state index in [-0.39, 0.29) is 30.1 Å². The standard InChI is InChI=1S/C30H32N2O7/c1-13(2)14-6-5-7-15(10-14)17-8-9-20(33)22-18(17)11-16-12-19-24(32(3)4)26(35)23(29(31)38)28(37)30(19,39)27(36)21(16)25(22)34/h5-10,13,16,19,21,23-24,33,39H,11-12H2,1-4H3,(H2,31,38)/t16-,19-,21?,23?,24-,30-/m1/s1. The number of likely N-dealkylation sites (N-methyl/N-ethyl adjacent to an activating group) is 1. The fourth-order valence-corrected chi connectivity index (χ4v) is 6.94. The Morgan fingerprint density at radius 3 is 2.38 bits per heavy atom. The molecular formula is C30H32N2O7. The lowest BCUT2D eigenvalue weighted by atomic mass is 9.52. The molecule has 1 amide bonds. The number of aliphatic hydroxyl groups is 1. The lowest BCUT2D eigenvalue weighted by Crippen LogP contribution is -2.74. The average Bonchev–Trinajstić information content (AvgIpc) is 2.86. The smallest absolute Gasteiger partial charge is 0.235 e. The van der Waals surface area contributed by atoms with Crippen LogP contribution in [0.3, 0.4) is 0 Å². The zero-order valence-corrected chi connectivity index (χ0v) is 22.3. The number of phenols is 1. The highest BCUT2D eigenvalue weighted by atomic mass is 16.3. The molecule has 9 nitrogen and oxygen atoms in total. The van der Waals surface area contributed by atoms with E-state index < -0.39 is 64.4 Å². The lowest BCUT2D eigenvalue weighted by Gasteiger charge is -2.52. The number of ketones is 4. The SMILES string of the molecule is CC(C)c1cccc(-c2ccc(O)c3c2C[C@@H]2C[C@@H]4[C@@H](N(C)C)C(=O)C(C(N)=O)C(=O)[C@]4(O)C(=O)C2C3=O)c1. The number of Topliss-reactive ketones (excluding diaryl/α,β-unsaturated/α-hetero) is 4. The highest BCUT2D eigenvalue weighted by molar-refractivity contribution is 6.32. The summed E-state index contributed by atoms with van der Waals surface area (Å²) < 4.78 is 0. The number of hydrogen-bond donors (Lipinski definition) is 3. The van der Waals surface area contributed by atoms with Crippen LogP contribution in [0.1, 0.15) is 47.7 Å². The number of carbonyl (C=O) groups excluding carboxylic acids is 5. The van der Waals surface area contributed by atoms with Gasteiger partial charge in [-0.1, -0.05) is 44.2 Å². The van der Waals surface area contributed by atoms with Crippen LogP contribution in [-0.2, 0) is 25.6 Å². The van der Waals surface area contributed by atoms with E-state index in [1.165, 1.54) is 11.0 Å². The molecule has 3 aliphatic rings. The largest absolute Gasteiger partial charge is 0.507 e. The third-order valence-electron chi connectivity index (χ3n) is 8.81. The summed E-state index contributed by atoms with van der Waals surface area (Å²) >= 11 is 0. The summed E-state index contributed by atoms with van der Waals surface area (Å²) in [6, 6.07) is 9.93. The van der Waals surface area contributed by atoms with E-state index >= 15 is 0 Å². The van der Waals surface area contributed by atoms with E-state index in [9.17, 15) is 34.2 Å². The van der Waals surface area contributed by atoms with Crippen molar-refractivity contribution < 1.29 is 34.2 Å². The molecule has 6 atom stereocenters. The van der Waals surface area contributed by atoms with Crippen molar-refractivity contribution in [3.05, 3.63) is 53.1 Å². The van der Waals surface area contributed by atoms with Crippen LogP contribution in [0.5, 0.6) is 5.75 Å². The van der Waals surface area contributed by atoms with Gasteiger partial charge in [0.05, 0.1) is 17.5 Å². The molecular weight excluding hydrogens is 500 g/mol. The number of nitrogens with two attached hydrogens (primary N) is 1. The molecule has 9 heteroatoms. The van der Waals surface area contributed by atoms with E-state index in [2.05, 4.69) is 13.8 Å². The molecule has 2 saturated carbocycles. The molecule has 5 rings (SSSR count). The summed E-state index contributed by atoms with van der Waals surface area (Å²) in [6.45, 7) is 4.15. The molecule has 0 bridgehead atoms. The van der Waals surface area contributed by atoms with Gasteiger partial charge in [-0.05, 0) is 67.1 Å². The summed E-state index contributed by atoms with van der Waals surface area (Å²) in [5, 5.41) is 22.4. The minimum atomic E-state index is -2.73. The second-order valence-corrected chi connectivity index (χ2v) is 11.6. The topological polar surface area (TPSA) is 155 Å². The first kappa shape index (κ1) is 26.9. The van der Waals surface area contributed by atoms with Gasteiger partial charge in [0.25, 0.3) is 0 Å². The van der Waals surface area contributed by atoms with Crippen molar-refractivity contribution in [1.82, 2.24) is 4.90 Å². The van der Waals surface area contributed by atoms with Gasteiger partial charge in [0.1, 0.15) is 5.75 Å². The first-order valence-corrected chi connectivity index (χ1v) is 13.1. The van der Waals surface area contributed by atoms with Crippen molar-refractivity contribution in [2.45, 2.75) is 44.2 Å². The van der Waals surface area contributed by atoms with Gasteiger partial charge in [-0.15, -0.1) is 0 Å². The molecule has 2 fully saturated rings. The Morgan fingerprint density at radius 2 is 1.77 bits per heavy atom. The number of benzene rings is 2. The van der Waals surface area contributed by atoms with Crippen molar-refractivity contribution in [3.8, 4) is 16.9 Å². The number of primary amides is 1. The van der Waals surface area contributed by atoms with E-state index in [4.69, 9.17) is 5.73 Å². The van der Waals surface area contributed by atoms with Crippen LogP contribution >= 0.6 is 0 Å². The van der Waals surface area contributed by atoms with Crippen LogP contribution in [0.2, 0.25) is 0 Å². The number of nitrogens with zero attached hydrogens (tertiary/aromatic N) is 1. The van der Waals surface area contributed by atoms with E-state index in [1.54, 1.807) is 20.2 Å². The van der Waals surface area contributed by atoms with Gasteiger partial charge in [-0.25, -0.2) is 0 Å². The second-order valence-electron chi connectivity index (χ2n) is 11.6. The molecule has 2 aromatic carbocycles. The van der Waals surface area contributed by atoms with Gasteiger partial charge in [0.2, 0.25) is 5.91 Å². The first-order chi connectivity index (χ1) is 18.3. The third-order valence-corrected chi connectivity index (χ3v) is 8.81. The second kappa shape index (κ2) is 9.20. The Labute approximate surface area is 226 Å². The third kappa shape index (κ3) is 3.78. The number of carbonyl (C=O) groups is 5. The number of hydrogen-bond acceptors (Lipinski definition) is 8. The van der Waals surface area contributed by atoms with Crippen molar-refractivity contribution in [3.63, 3.8) is 0 Å². The Morgan fingerprint density at radius 1 is 1.08 bits per heavy atom. The van der Waals surface area contributed by atoms with Gasteiger partial charge in [-0.3, -0.25) is 28.9 Å². The summed E-state index contributed by atoms with van der Waals surface area (Å²) in [4.78, 5) is 68.0. The van der Waals surface area contributed by atoms with Crippen LogP contribution in [0, 0.1) is 23.7 Å². The fraction of sp³-hybridized carbons (Fsp3) is 0.433. The van der Waals surface area contributed by atoms with Gasteiger partial charge in [0.15, 0.2) is 34.7 Å². The van der Waals surface area contributed by atoms with Crippen molar-refractivity contribution in [2.24, 2.45) is 29.4 Å². The average molecular weight is 533 g/mol. The number of phenolic OH excluding ortho intramolecular Hbond substituents is 1. The minimum Gasteiger partial charge on any atom is -0.507 e. The number of aromatic hydroxyl groups is 1. The summed E-state index contributed by atoms with van der Waals surface area (Å²) in [6.07, 6.45) is 0.243. The van der Waals surface area contributed by atoms with Gasteiger partial charge >= 0.3 is 0 Å². The van der Waals surface area contributed by atoms with Crippen molar-refractivity contribution in [1.29, 1.82) is 0 Å². The van der Waals surface area contributed by atoms with E-state index in [0.29, 0.717) is 5.56 Å². The maximum absolute atomic E-state index is 13.9. The molecule has 3 aliphatic carbocycles. The Hall–Kier alpha value is -3.69. The maximum atomic E-state index is 13.9.